The highest BCUT2D eigenvalue weighted by molar-refractivity contribution is 5.99. The van der Waals surface area contributed by atoms with Gasteiger partial charge < -0.3 is 20.6 Å². The molecule has 2 aliphatic rings. The first-order chi connectivity index (χ1) is 15.6. The Morgan fingerprint density at radius 2 is 1.66 bits per heavy atom. The molecule has 0 radical (unpaired) electrons. The van der Waals surface area contributed by atoms with E-state index in [1.54, 1.807) is 24.3 Å². The van der Waals surface area contributed by atoms with Crippen LogP contribution in [0.1, 0.15) is 51.5 Å². The van der Waals surface area contributed by atoms with E-state index >= 15 is 0 Å². The van der Waals surface area contributed by atoms with Gasteiger partial charge in [0.2, 0.25) is 0 Å². The summed E-state index contributed by atoms with van der Waals surface area (Å²) in [5.74, 6) is 0.942. The van der Waals surface area contributed by atoms with Crippen LogP contribution in [0.4, 0.5) is 0 Å². The van der Waals surface area contributed by atoms with Crippen molar-refractivity contribution in [3.8, 4) is 0 Å². The van der Waals surface area contributed by atoms with Gasteiger partial charge in [-0.05, 0) is 62.5 Å². The van der Waals surface area contributed by atoms with Gasteiger partial charge in [0.05, 0.1) is 0 Å². The summed E-state index contributed by atoms with van der Waals surface area (Å²) in [6.45, 7) is 4.20. The predicted octanol–water partition coefficient (Wildman–Crippen LogP) is 2.45. The Balaban J connectivity index is 1.10. The van der Waals surface area contributed by atoms with Gasteiger partial charge >= 0.3 is 0 Å². The molecule has 2 aromatic carbocycles. The molecule has 2 atom stereocenters. The first kappa shape index (κ1) is 22.6. The highest BCUT2D eigenvalue weighted by Crippen LogP contribution is 2.40. The molecule has 1 aliphatic heterocycles. The Bertz CT molecular complexity index is 892. The van der Waals surface area contributed by atoms with Crippen molar-refractivity contribution in [1.82, 2.24) is 15.5 Å². The fraction of sp³-hybridized carbons (Fsp3) is 0.462. The largest absolute Gasteiger partial charge is 0.388 e. The zero-order valence-corrected chi connectivity index (χ0v) is 18.5. The summed E-state index contributed by atoms with van der Waals surface area (Å²) in [6, 6.07) is 17.8. The van der Waals surface area contributed by atoms with Crippen molar-refractivity contribution in [3.05, 3.63) is 71.3 Å². The minimum atomic E-state index is -0.521. The molecule has 1 saturated carbocycles. The maximum Gasteiger partial charge on any atom is 0.251 e. The van der Waals surface area contributed by atoms with Crippen LogP contribution in [0.2, 0.25) is 0 Å². The number of rotatable bonds is 10. The molecule has 1 heterocycles. The molecule has 3 N–H and O–H groups in total. The smallest absolute Gasteiger partial charge is 0.251 e. The number of hydrogen-bond acceptors (Lipinski definition) is 5. The van der Waals surface area contributed by atoms with Crippen molar-refractivity contribution in [2.75, 3.05) is 39.3 Å². The van der Waals surface area contributed by atoms with Gasteiger partial charge in [0.1, 0.15) is 6.61 Å². The van der Waals surface area contributed by atoms with Crippen LogP contribution in [0.25, 0.3) is 0 Å². The number of nitrogens with zero attached hydrogens (tertiary/aromatic N) is 1. The Hall–Kier alpha value is -2.54. The van der Waals surface area contributed by atoms with Crippen LogP contribution in [-0.2, 0) is 0 Å². The van der Waals surface area contributed by atoms with Crippen molar-refractivity contribution in [2.45, 2.75) is 31.2 Å². The van der Waals surface area contributed by atoms with E-state index in [2.05, 4.69) is 45.9 Å². The van der Waals surface area contributed by atoms with Crippen LogP contribution < -0.4 is 10.6 Å². The fourth-order valence-electron chi connectivity index (χ4n) is 4.55. The van der Waals surface area contributed by atoms with E-state index in [4.69, 9.17) is 5.11 Å². The molecule has 32 heavy (non-hydrogen) atoms. The SMILES string of the molecule is O=C(CO)c1ccc(C(=O)NCCN2CCC(CNC3CC3c3ccccc3)CC2)cc1. The van der Waals surface area contributed by atoms with Gasteiger partial charge in [-0.1, -0.05) is 42.5 Å². The lowest BCUT2D eigenvalue weighted by molar-refractivity contribution is 0.0901. The maximum absolute atomic E-state index is 12.3. The van der Waals surface area contributed by atoms with E-state index in [0.717, 1.165) is 32.1 Å². The number of hydrogen-bond donors (Lipinski definition) is 3. The van der Waals surface area contributed by atoms with E-state index in [9.17, 15) is 9.59 Å². The Morgan fingerprint density at radius 1 is 0.969 bits per heavy atom. The summed E-state index contributed by atoms with van der Waals surface area (Å²) in [5.41, 5.74) is 2.40. The number of amides is 1. The molecule has 1 amide bonds. The molecule has 1 aliphatic carbocycles. The van der Waals surface area contributed by atoms with Crippen LogP contribution in [0.3, 0.4) is 0 Å². The number of carbonyl (C=O) groups excluding carboxylic acids is 2. The average molecular weight is 436 g/mol. The Kier molecular flexibility index (Phi) is 7.68. The van der Waals surface area contributed by atoms with E-state index in [0.29, 0.717) is 29.6 Å². The zero-order chi connectivity index (χ0) is 22.3. The molecule has 0 aromatic heterocycles. The first-order valence-electron chi connectivity index (χ1n) is 11.7. The average Bonchev–Trinajstić information content (AvgIpc) is 3.63. The third-order valence-corrected chi connectivity index (χ3v) is 6.72. The Morgan fingerprint density at radius 3 is 2.34 bits per heavy atom. The standard InChI is InChI=1S/C26H33N3O3/c30-18-25(31)21-6-8-22(9-7-21)26(32)27-12-15-29-13-10-19(11-14-29)17-28-24-16-23(24)20-4-2-1-3-5-20/h1-9,19,23-24,28,30H,10-18H2,(H,27,32). The summed E-state index contributed by atoms with van der Waals surface area (Å²) in [6.07, 6.45) is 3.65. The summed E-state index contributed by atoms with van der Waals surface area (Å²) in [4.78, 5) is 26.2. The highest BCUT2D eigenvalue weighted by Gasteiger charge is 2.38. The maximum atomic E-state index is 12.3. The molecule has 0 spiro atoms. The topological polar surface area (TPSA) is 81.7 Å². The number of piperidine rings is 1. The second-order valence-corrected chi connectivity index (χ2v) is 8.97. The minimum Gasteiger partial charge on any atom is -0.388 e. The third kappa shape index (κ3) is 6.03. The summed E-state index contributed by atoms with van der Waals surface area (Å²) in [7, 11) is 0. The van der Waals surface area contributed by atoms with Crippen LogP contribution in [-0.4, -0.2) is 67.1 Å². The molecule has 2 unspecified atom stereocenters. The number of aliphatic hydroxyl groups is 1. The summed E-state index contributed by atoms with van der Waals surface area (Å²) >= 11 is 0. The minimum absolute atomic E-state index is 0.135. The summed E-state index contributed by atoms with van der Waals surface area (Å²) < 4.78 is 0. The fourth-order valence-corrected chi connectivity index (χ4v) is 4.55. The van der Waals surface area contributed by atoms with Gasteiger partial charge in [-0.25, -0.2) is 0 Å². The lowest BCUT2D eigenvalue weighted by Gasteiger charge is -2.32. The number of Topliss-reactive ketones (excluding diaryl/α,β-unsaturated/α-hetero) is 1. The quantitative estimate of drug-likeness (QED) is 0.500. The van der Waals surface area contributed by atoms with E-state index in [1.165, 1.54) is 24.8 Å². The van der Waals surface area contributed by atoms with Gasteiger partial charge in [-0.15, -0.1) is 0 Å². The molecule has 6 nitrogen and oxygen atoms in total. The number of ketones is 1. The molecule has 2 fully saturated rings. The van der Waals surface area contributed by atoms with Crippen LogP contribution >= 0.6 is 0 Å². The molecule has 170 valence electrons. The van der Waals surface area contributed by atoms with Crippen molar-refractivity contribution >= 4 is 11.7 Å². The van der Waals surface area contributed by atoms with Gasteiger partial charge in [0, 0.05) is 36.2 Å². The summed E-state index contributed by atoms with van der Waals surface area (Å²) in [5, 5.41) is 15.6. The van der Waals surface area contributed by atoms with Crippen LogP contribution in [0.5, 0.6) is 0 Å². The van der Waals surface area contributed by atoms with Gasteiger partial charge in [-0.3, -0.25) is 9.59 Å². The normalized spacial score (nSPS) is 21.3. The lowest BCUT2D eigenvalue weighted by Crippen LogP contribution is -2.41. The van der Waals surface area contributed by atoms with Crippen molar-refractivity contribution in [2.24, 2.45) is 5.92 Å². The van der Waals surface area contributed by atoms with Crippen molar-refractivity contribution in [1.29, 1.82) is 0 Å². The van der Waals surface area contributed by atoms with Crippen molar-refractivity contribution < 1.29 is 14.7 Å². The first-order valence-corrected chi connectivity index (χ1v) is 11.7. The van der Waals surface area contributed by atoms with Crippen LogP contribution in [0.15, 0.2) is 54.6 Å². The number of carbonyl (C=O) groups is 2. The lowest BCUT2D eigenvalue weighted by atomic mass is 9.96. The molecule has 4 rings (SSSR count). The second kappa shape index (κ2) is 10.9. The Labute approximate surface area is 190 Å². The third-order valence-electron chi connectivity index (χ3n) is 6.72. The molecule has 1 saturated heterocycles. The molecule has 2 aromatic rings. The highest BCUT2D eigenvalue weighted by atomic mass is 16.3. The molecular formula is C26H33N3O3. The predicted molar refractivity (Wildman–Crippen MR) is 125 cm³/mol. The molecule has 6 heteroatoms. The zero-order valence-electron chi connectivity index (χ0n) is 18.5. The van der Waals surface area contributed by atoms with E-state index < -0.39 is 6.61 Å². The van der Waals surface area contributed by atoms with Gasteiger partial charge in [0.15, 0.2) is 5.78 Å². The number of likely N-dealkylation sites (tertiary alicyclic amines) is 1. The molecule has 0 bridgehead atoms. The number of nitrogens with one attached hydrogen (secondary N) is 2. The number of benzene rings is 2. The van der Waals surface area contributed by atoms with Crippen LogP contribution in [0, 0.1) is 5.92 Å². The van der Waals surface area contributed by atoms with E-state index in [-0.39, 0.29) is 11.7 Å². The monoisotopic (exact) mass is 435 g/mol. The van der Waals surface area contributed by atoms with Gasteiger partial charge in [0.25, 0.3) is 5.91 Å². The van der Waals surface area contributed by atoms with E-state index in [1.807, 2.05) is 0 Å². The van der Waals surface area contributed by atoms with Gasteiger partial charge in [-0.2, -0.15) is 0 Å². The number of aliphatic hydroxyl groups excluding tert-OH is 1. The molecular weight excluding hydrogens is 402 g/mol. The van der Waals surface area contributed by atoms with Crippen molar-refractivity contribution in [3.63, 3.8) is 0 Å². The second-order valence-electron chi connectivity index (χ2n) is 8.97.